The number of carbonyl (C=O) groups excluding carboxylic acids is 1. The number of fused-ring (bicyclic) bond motifs is 1. The molecular weight excluding hydrogens is 380 g/mol. The van der Waals surface area contributed by atoms with Crippen LogP contribution in [0.25, 0.3) is 0 Å². The van der Waals surface area contributed by atoms with Crippen molar-refractivity contribution in [3.8, 4) is 11.5 Å². The van der Waals surface area contributed by atoms with Gasteiger partial charge in [-0.1, -0.05) is 18.2 Å². The zero-order valence-corrected chi connectivity index (χ0v) is 17.2. The Kier molecular flexibility index (Phi) is 5.59. The molecule has 6 nitrogen and oxygen atoms in total. The van der Waals surface area contributed by atoms with E-state index in [1.807, 2.05) is 66.7 Å². The zero-order valence-electron chi connectivity index (χ0n) is 17.2. The summed E-state index contributed by atoms with van der Waals surface area (Å²) in [7, 11) is 4.90. The molecule has 4 rings (SSSR count). The van der Waals surface area contributed by atoms with Crippen molar-refractivity contribution in [3.05, 3.63) is 83.4 Å². The Bertz CT molecular complexity index is 1050. The first-order valence-corrected chi connectivity index (χ1v) is 9.65. The van der Waals surface area contributed by atoms with Crippen LogP contribution < -0.4 is 19.7 Å². The third-order valence-corrected chi connectivity index (χ3v) is 5.20. The van der Waals surface area contributed by atoms with Crippen LogP contribution in [-0.2, 0) is 11.3 Å². The van der Waals surface area contributed by atoms with Crippen molar-refractivity contribution < 1.29 is 19.0 Å². The molecule has 1 N–H and O–H groups in total. The predicted octanol–water partition coefficient (Wildman–Crippen LogP) is 4.62. The number of nitrogens with one attached hydrogen (secondary N) is 1. The Balaban J connectivity index is 1.82. The van der Waals surface area contributed by atoms with Gasteiger partial charge in [-0.3, -0.25) is 9.69 Å². The molecule has 0 radical (unpaired) electrons. The van der Waals surface area contributed by atoms with Gasteiger partial charge >= 0.3 is 0 Å². The molecule has 1 atom stereocenters. The minimum atomic E-state index is -0.387. The molecule has 3 aromatic carbocycles. The fraction of sp³-hybridized carbons (Fsp3) is 0.208. The summed E-state index contributed by atoms with van der Waals surface area (Å²) in [5, 5.41) is 3.52. The number of benzene rings is 3. The normalized spacial score (nSPS) is 15.4. The van der Waals surface area contributed by atoms with E-state index >= 15 is 0 Å². The van der Waals surface area contributed by atoms with Gasteiger partial charge < -0.3 is 19.5 Å². The van der Waals surface area contributed by atoms with E-state index in [1.165, 1.54) is 0 Å². The first-order valence-electron chi connectivity index (χ1n) is 9.65. The summed E-state index contributed by atoms with van der Waals surface area (Å²) in [4.78, 5) is 15.3. The van der Waals surface area contributed by atoms with Gasteiger partial charge in [0, 0.05) is 24.0 Å². The molecule has 0 saturated carbocycles. The molecule has 6 heteroatoms. The van der Waals surface area contributed by atoms with Crippen molar-refractivity contribution in [2.45, 2.75) is 12.8 Å². The van der Waals surface area contributed by atoms with Crippen LogP contribution in [0.2, 0.25) is 0 Å². The summed E-state index contributed by atoms with van der Waals surface area (Å²) >= 11 is 0. The van der Waals surface area contributed by atoms with E-state index in [-0.39, 0.29) is 12.1 Å². The van der Waals surface area contributed by atoms with Gasteiger partial charge in [0.15, 0.2) is 0 Å². The molecule has 0 spiro atoms. The topological polar surface area (TPSA) is 60.0 Å². The highest BCUT2D eigenvalue weighted by Crippen LogP contribution is 2.38. The minimum Gasteiger partial charge on any atom is -0.497 e. The fourth-order valence-corrected chi connectivity index (χ4v) is 3.73. The third kappa shape index (κ3) is 3.57. The molecule has 0 aliphatic carbocycles. The summed E-state index contributed by atoms with van der Waals surface area (Å²) in [6.07, 6.45) is -0.387. The number of hydrogen-bond acceptors (Lipinski definition) is 5. The van der Waals surface area contributed by atoms with Crippen LogP contribution in [0.1, 0.15) is 27.7 Å². The fourth-order valence-electron chi connectivity index (χ4n) is 3.73. The van der Waals surface area contributed by atoms with Crippen LogP contribution in [0, 0.1) is 0 Å². The Morgan fingerprint density at radius 3 is 2.40 bits per heavy atom. The standard InChI is InChI=1S/C24H24N2O4/c1-28-15-17-14-16(8-13-22(17)30-3)23-25-21-7-5-4-6-20(21)24(27)26(23)18-9-11-19(29-2)12-10-18/h4-14,23,25H,15H2,1-3H3. The van der Waals surface area contributed by atoms with E-state index in [2.05, 4.69) is 5.32 Å². The predicted molar refractivity (Wildman–Crippen MR) is 116 cm³/mol. The maximum Gasteiger partial charge on any atom is 0.262 e. The number of amides is 1. The highest BCUT2D eigenvalue weighted by Gasteiger charge is 2.34. The molecule has 1 aliphatic rings. The lowest BCUT2D eigenvalue weighted by Crippen LogP contribution is -2.43. The van der Waals surface area contributed by atoms with Gasteiger partial charge in [-0.25, -0.2) is 0 Å². The number of hydrogen-bond donors (Lipinski definition) is 1. The Hall–Kier alpha value is -3.51. The van der Waals surface area contributed by atoms with E-state index < -0.39 is 0 Å². The molecule has 1 heterocycles. The number of anilines is 2. The van der Waals surface area contributed by atoms with Crippen molar-refractivity contribution >= 4 is 17.3 Å². The molecule has 0 saturated heterocycles. The van der Waals surface area contributed by atoms with Crippen LogP contribution in [0.3, 0.4) is 0 Å². The van der Waals surface area contributed by atoms with E-state index in [0.717, 1.165) is 34.0 Å². The zero-order chi connectivity index (χ0) is 21.1. The number of nitrogens with zero attached hydrogens (tertiary/aromatic N) is 1. The molecule has 1 amide bonds. The molecular formula is C24H24N2O4. The molecule has 1 aliphatic heterocycles. The summed E-state index contributed by atoms with van der Waals surface area (Å²) in [5.41, 5.74) is 4.07. The molecule has 0 aromatic heterocycles. The highest BCUT2D eigenvalue weighted by molar-refractivity contribution is 6.12. The lowest BCUT2D eigenvalue weighted by atomic mass is 10.0. The van der Waals surface area contributed by atoms with Gasteiger partial charge in [-0.2, -0.15) is 0 Å². The third-order valence-electron chi connectivity index (χ3n) is 5.20. The summed E-state index contributed by atoms with van der Waals surface area (Å²) in [5.74, 6) is 1.42. The van der Waals surface area contributed by atoms with Crippen LogP contribution in [0.15, 0.2) is 66.7 Å². The summed E-state index contributed by atoms with van der Waals surface area (Å²) in [6, 6.07) is 20.9. The maximum atomic E-state index is 13.5. The Morgan fingerprint density at radius 2 is 1.70 bits per heavy atom. The van der Waals surface area contributed by atoms with E-state index in [0.29, 0.717) is 12.2 Å². The monoisotopic (exact) mass is 404 g/mol. The molecule has 3 aromatic rings. The average molecular weight is 404 g/mol. The number of para-hydroxylation sites is 1. The van der Waals surface area contributed by atoms with Gasteiger partial charge in [-0.05, 0) is 54.1 Å². The van der Waals surface area contributed by atoms with E-state index in [9.17, 15) is 4.79 Å². The smallest absolute Gasteiger partial charge is 0.262 e. The van der Waals surface area contributed by atoms with Gasteiger partial charge in [-0.15, -0.1) is 0 Å². The molecule has 154 valence electrons. The van der Waals surface area contributed by atoms with E-state index in [4.69, 9.17) is 14.2 Å². The molecule has 30 heavy (non-hydrogen) atoms. The summed E-state index contributed by atoms with van der Waals surface area (Å²) in [6.45, 7) is 0.413. The van der Waals surface area contributed by atoms with Crippen LogP contribution in [-0.4, -0.2) is 27.2 Å². The van der Waals surface area contributed by atoms with Crippen molar-refractivity contribution in [1.82, 2.24) is 0 Å². The second-order valence-corrected chi connectivity index (χ2v) is 6.97. The number of rotatable bonds is 6. The minimum absolute atomic E-state index is 0.0661. The van der Waals surface area contributed by atoms with Crippen molar-refractivity contribution in [1.29, 1.82) is 0 Å². The van der Waals surface area contributed by atoms with E-state index in [1.54, 1.807) is 26.2 Å². The SMILES string of the molecule is COCc1cc(C2Nc3ccccc3C(=O)N2c2ccc(OC)cc2)ccc1OC. The molecule has 1 unspecified atom stereocenters. The van der Waals surface area contributed by atoms with Crippen LogP contribution in [0.5, 0.6) is 11.5 Å². The lowest BCUT2D eigenvalue weighted by Gasteiger charge is -2.38. The second kappa shape index (κ2) is 8.47. The van der Waals surface area contributed by atoms with Crippen molar-refractivity contribution in [3.63, 3.8) is 0 Å². The molecule has 0 fully saturated rings. The lowest BCUT2D eigenvalue weighted by molar-refractivity contribution is 0.0975. The number of carbonyl (C=O) groups is 1. The average Bonchev–Trinajstić information content (AvgIpc) is 2.79. The summed E-state index contributed by atoms with van der Waals surface area (Å²) < 4.78 is 16.1. The van der Waals surface area contributed by atoms with Crippen LogP contribution in [0.4, 0.5) is 11.4 Å². The largest absolute Gasteiger partial charge is 0.497 e. The number of methoxy groups -OCH3 is 3. The second-order valence-electron chi connectivity index (χ2n) is 6.97. The Morgan fingerprint density at radius 1 is 0.933 bits per heavy atom. The van der Waals surface area contributed by atoms with Gasteiger partial charge in [0.25, 0.3) is 5.91 Å². The van der Waals surface area contributed by atoms with Crippen molar-refractivity contribution in [2.75, 3.05) is 31.5 Å². The van der Waals surface area contributed by atoms with Gasteiger partial charge in [0.1, 0.15) is 17.7 Å². The first-order chi connectivity index (χ1) is 14.7. The number of ether oxygens (including phenoxy) is 3. The molecule has 0 bridgehead atoms. The Labute approximate surface area is 176 Å². The van der Waals surface area contributed by atoms with Gasteiger partial charge in [0.05, 0.1) is 26.4 Å². The highest BCUT2D eigenvalue weighted by atomic mass is 16.5. The maximum absolute atomic E-state index is 13.5. The first kappa shape index (κ1) is 19.8. The van der Waals surface area contributed by atoms with Crippen molar-refractivity contribution in [2.24, 2.45) is 0 Å². The quantitative estimate of drug-likeness (QED) is 0.650. The van der Waals surface area contributed by atoms with Gasteiger partial charge in [0.2, 0.25) is 0 Å². The van der Waals surface area contributed by atoms with Crippen LogP contribution >= 0.6 is 0 Å².